The van der Waals surface area contributed by atoms with Crippen molar-refractivity contribution in [1.29, 1.82) is 0 Å². The van der Waals surface area contributed by atoms with Crippen LogP contribution in [0.4, 0.5) is 24.5 Å². The van der Waals surface area contributed by atoms with Crippen LogP contribution in [-0.2, 0) is 11.0 Å². The molecule has 11 heteroatoms. The van der Waals surface area contributed by atoms with Crippen molar-refractivity contribution in [3.8, 4) is 11.4 Å². The van der Waals surface area contributed by atoms with Crippen molar-refractivity contribution < 1.29 is 27.5 Å². The quantitative estimate of drug-likeness (QED) is 0.373. The van der Waals surface area contributed by atoms with Gasteiger partial charge in [-0.15, -0.1) is 0 Å². The van der Waals surface area contributed by atoms with Gasteiger partial charge in [0.25, 0.3) is 5.91 Å². The van der Waals surface area contributed by atoms with Crippen molar-refractivity contribution in [2.24, 2.45) is 0 Å². The van der Waals surface area contributed by atoms with Gasteiger partial charge in [0.2, 0.25) is 5.91 Å². The maximum atomic E-state index is 14.0. The van der Waals surface area contributed by atoms with Gasteiger partial charge in [0, 0.05) is 22.8 Å². The molecule has 3 rings (SSSR count). The molecule has 0 bridgehead atoms. The van der Waals surface area contributed by atoms with Gasteiger partial charge >= 0.3 is 6.18 Å². The van der Waals surface area contributed by atoms with E-state index >= 15 is 0 Å². The Morgan fingerprint density at radius 1 is 1.09 bits per heavy atom. The summed E-state index contributed by atoms with van der Waals surface area (Å²) in [5, 5.41) is 8.98. The molecule has 2 N–H and O–H groups in total. The molecule has 0 fully saturated rings. The molecule has 0 aliphatic heterocycles. The number of anilines is 2. The highest BCUT2D eigenvalue weighted by molar-refractivity contribution is 6.31. The van der Waals surface area contributed by atoms with Crippen LogP contribution < -0.4 is 15.4 Å². The fourth-order valence-corrected chi connectivity index (χ4v) is 3.38. The Kier molecular flexibility index (Phi) is 8.06. The van der Waals surface area contributed by atoms with E-state index in [1.54, 1.807) is 19.1 Å². The molecular weight excluding hydrogens is 485 g/mol. The molecule has 0 spiro atoms. The standard InChI is InChI=1S/C24H24ClF3N4O3/c1-4-14(3)35-19-8-6-18(7-9-19)32-22(24(26,27)28)20(13-29-32)23(34)31-17-11-15(25)10-16(12-17)30-21(33)5-2/h6-14H,4-5H2,1-3H3,(H,30,33)(H,31,34). The zero-order valence-corrected chi connectivity index (χ0v) is 20.0. The van der Waals surface area contributed by atoms with Gasteiger partial charge in [-0.3, -0.25) is 9.59 Å². The van der Waals surface area contributed by atoms with Gasteiger partial charge in [-0.2, -0.15) is 18.3 Å². The predicted molar refractivity (Wildman–Crippen MR) is 127 cm³/mol. The summed E-state index contributed by atoms with van der Waals surface area (Å²) in [6.45, 7) is 5.50. The van der Waals surface area contributed by atoms with Gasteiger partial charge < -0.3 is 15.4 Å². The van der Waals surface area contributed by atoms with Crippen molar-refractivity contribution in [3.05, 3.63) is 64.9 Å². The lowest BCUT2D eigenvalue weighted by Crippen LogP contribution is -2.21. The van der Waals surface area contributed by atoms with Crippen LogP contribution in [0.2, 0.25) is 5.02 Å². The second kappa shape index (κ2) is 10.8. The molecule has 0 radical (unpaired) electrons. The first-order chi connectivity index (χ1) is 16.5. The van der Waals surface area contributed by atoms with E-state index in [9.17, 15) is 22.8 Å². The molecule has 1 unspecified atom stereocenters. The Morgan fingerprint density at radius 3 is 2.29 bits per heavy atom. The van der Waals surface area contributed by atoms with Gasteiger partial charge in [0.15, 0.2) is 5.69 Å². The molecule has 0 saturated carbocycles. The van der Waals surface area contributed by atoms with E-state index in [4.69, 9.17) is 16.3 Å². The molecular formula is C24H24ClF3N4O3. The Hall–Kier alpha value is -3.53. The number of hydrogen-bond donors (Lipinski definition) is 2. The first-order valence-electron chi connectivity index (χ1n) is 10.9. The Balaban J connectivity index is 1.91. The van der Waals surface area contributed by atoms with E-state index in [1.165, 1.54) is 30.3 Å². The number of carbonyl (C=O) groups excluding carboxylic acids is 2. The first kappa shape index (κ1) is 26.1. The van der Waals surface area contributed by atoms with Crippen LogP contribution in [0.25, 0.3) is 5.69 Å². The fraction of sp³-hybridized carbons (Fsp3) is 0.292. The first-order valence-corrected chi connectivity index (χ1v) is 11.2. The number of nitrogens with zero attached hydrogens (tertiary/aromatic N) is 2. The summed E-state index contributed by atoms with van der Waals surface area (Å²) in [6.07, 6.45) is -3.08. The minimum absolute atomic E-state index is 0.0473. The highest BCUT2D eigenvalue weighted by Gasteiger charge is 2.40. The molecule has 1 atom stereocenters. The molecule has 2 amide bonds. The third-order valence-corrected chi connectivity index (χ3v) is 5.25. The van der Waals surface area contributed by atoms with E-state index in [0.29, 0.717) is 16.1 Å². The number of alkyl halides is 3. The zero-order valence-electron chi connectivity index (χ0n) is 19.2. The zero-order chi connectivity index (χ0) is 25.8. The van der Waals surface area contributed by atoms with Crippen LogP contribution in [0.5, 0.6) is 5.75 Å². The largest absolute Gasteiger partial charge is 0.491 e. The average Bonchev–Trinajstić information content (AvgIpc) is 3.25. The highest BCUT2D eigenvalue weighted by atomic mass is 35.5. The highest BCUT2D eigenvalue weighted by Crippen LogP contribution is 2.34. The summed E-state index contributed by atoms with van der Waals surface area (Å²) in [5.74, 6) is -0.810. The lowest BCUT2D eigenvalue weighted by molar-refractivity contribution is -0.143. The lowest BCUT2D eigenvalue weighted by Gasteiger charge is -2.15. The average molecular weight is 509 g/mol. The molecule has 0 saturated heterocycles. The minimum atomic E-state index is -4.87. The summed E-state index contributed by atoms with van der Waals surface area (Å²) in [6, 6.07) is 10.2. The molecule has 7 nitrogen and oxygen atoms in total. The number of nitrogens with one attached hydrogen (secondary N) is 2. The van der Waals surface area contributed by atoms with Gasteiger partial charge in [-0.05, 0) is 55.8 Å². The molecule has 0 aliphatic carbocycles. The third kappa shape index (κ3) is 6.54. The second-order valence-electron chi connectivity index (χ2n) is 7.73. The van der Waals surface area contributed by atoms with Crippen molar-refractivity contribution in [3.63, 3.8) is 0 Å². The number of halogens is 4. The molecule has 1 aromatic heterocycles. The predicted octanol–water partition coefficient (Wildman–Crippen LogP) is 6.32. The van der Waals surface area contributed by atoms with Crippen LogP contribution in [0, 0.1) is 0 Å². The third-order valence-electron chi connectivity index (χ3n) is 5.04. The van der Waals surface area contributed by atoms with Gasteiger partial charge in [-0.1, -0.05) is 25.4 Å². The number of rotatable bonds is 8. The minimum Gasteiger partial charge on any atom is -0.491 e. The monoisotopic (exact) mass is 508 g/mol. The molecule has 0 aliphatic rings. The number of carbonyl (C=O) groups is 2. The summed E-state index contributed by atoms with van der Waals surface area (Å²) >= 11 is 6.04. The number of amides is 2. The van der Waals surface area contributed by atoms with Gasteiger partial charge in [0.1, 0.15) is 5.75 Å². The summed E-state index contributed by atoms with van der Waals surface area (Å²) < 4.78 is 48.3. The van der Waals surface area contributed by atoms with E-state index in [0.717, 1.165) is 12.6 Å². The number of benzene rings is 2. The van der Waals surface area contributed by atoms with Crippen LogP contribution in [-0.4, -0.2) is 27.7 Å². The number of aromatic nitrogens is 2. The van der Waals surface area contributed by atoms with Crippen LogP contribution in [0.1, 0.15) is 49.7 Å². The Morgan fingerprint density at radius 2 is 1.71 bits per heavy atom. The normalized spacial score (nSPS) is 12.2. The maximum absolute atomic E-state index is 14.0. The van der Waals surface area contributed by atoms with Crippen molar-refractivity contribution in [2.45, 2.75) is 45.9 Å². The van der Waals surface area contributed by atoms with Crippen molar-refractivity contribution in [2.75, 3.05) is 10.6 Å². The van der Waals surface area contributed by atoms with E-state index in [-0.39, 0.29) is 34.8 Å². The molecule has 1 heterocycles. The summed E-state index contributed by atoms with van der Waals surface area (Å²) in [5.41, 5.74) is -1.38. The fourth-order valence-electron chi connectivity index (χ4n) is 3.15. The SMILES string of the molecule is CCC(=O)Nc1cc(Cl)cc(NC(=O)c2cnn(-c3ccc(OC(C)CC)cc3)c2C(F)(F)F)c1. The summed E-state index contributed by atoms with van der Waals surface area (Å²) in [7, 11) is 0. The van der Waals surface area contributed by atoms with Gasteiger partial charge in [0.05, 0.1) is 23.6 Å². The topological polar surface area (TPSA) is 85.3 Å². The maximum Gasteiger partial charge on any atom is 0.434 e. The smallest absolute Gasteiger partial charge is 0.434 e. The van der Waals surface area contributed by atoms with Crippen molar-refractivity contribution >= 4 is 34.8 Å². The van der Waals surface area contributed by atoms with Crippen molar-refractivity contribution in [1.82, 2.24) is 9.78 Å². The molecule has 2 aromatic carbocycles. The van der Waals surface area contributed by atoms with Gasteiger partial charge in [-0.25, -0.2) is 4.68 Å². The van der Waals surface area contributed by atoms with Crippen LogP contribution >= 0.6 is 11.6 Å². The number of ether oxygens (including phenoxy) is 1. The molecule has 35 heavy (non-hydrogen) atoms. The van der Waals surface area contributed by atoms with Crippen LogP contribution in [0.3, 0.4) is 0 Å². The Labute approximate surface area is 205 Å². The molecule has 186 valence electrons. The van der Waals surface area contributed by atoms with E-state index < -0.39 is 23.3 Å². The van der Waals surface area contributed by atoms with E-state index in [2.05, 4.69) is 15.7 Å². The van der Waals surface area contributed by atoms with E-state index in [1.807, 2.05) is 13.8 Å². The molecule has 3 aromatic rings. The summed E-state index contributed by atoms with van der Waals surface area (Å²) in [4.78, 5) is 24.5. The lowest BCUT2D eigenvalue weighted by atomic mass is 10.2. The Bertz CT molecular complexity index is 1210. The number of hydrogen-bond acceptors (Lipinski definition) is 4. The van der Waals surface area contributed by atoms with Crippen LogP contribution in [0.15, 0.2) is 48.7 Å². The second-order valence-corrected chi connectivity index (χ2v) is 8.17.